The van der Waals surface area contributed by atoms with Gasteiger partial charge in [0, 0.05) is 17.4 Å². The molecule has 6 aromatic carbocycles. The predicted octanol–water partition coefficient (Wildman–Crippen LogP) is 7.87. The van der Waals surface area contributed by atoms with Gasteiger partial charge in [0.05, 0.1) is 32.7 Å². The molecule has 0 saturated carbocycles. The number of benzene rings is 6. The molecule has 0 aliphatic heterocycles. The number of nitrogens with one attached hydrogen (secondary N) is 2. The van der Waals surface area contributed by atoms with E-state index in [1.54, 1.807) is 55.5 Å². The minimum absolute atomic E-state index is 0.00619. The molecule has 21 heteroatoms. The van der Waals surface area contributed by atoms with Crippen LogP contribution in [0, 0.1) is 6.92 Å². The summed E-state index contributed by atoms with van der Waals surface area (Å²) in [4.78, 5) is 11.7. The monoisotopic (exact) mass is 807 g/mol. The molecule has 7 rings (SSSR count). The Morgan fingerprint density at radius 1 is 0.596 bits per heavy atom. The van der Waals surface area contributed by atoms with Gasteiger partial charge in [0.15, 0.2) is 0 Å². The molecule has 0 fully saturated rings. The van der Waals surface area contributed by atoms with Crippen LogP contribution >= 0.6 is 0 Å². The van der Waals surface area contributed by atoms with Gasteiger partial charge in [0.25, 0.3) is 20.2 Å². The lowest BCUT2D eigenvalue weighted by Gasteiger charge is -2.11. The van der Waals surface area contributed by atoms with Crippen LogP contribution in [0.25, 0.3) is 21.5 Å². The second kappa shape index (κ2) is 14.7. The quantitative estimate of drug-likeness (QED) is 0.0370. The van der Waals surface area contributed by atoms with E-state index in [1.807, 2.05) is 6.07 Å². The largest absolute Gasteiger partial charge is 0.507 e. The molecule has 7 aromatic rings. The van der Waals surface area contributed by atoms with Gasteiger partial charge in [-0.1, -0.05) is 24.3 Å². The Labute approximate surface area is 323 Å². The van der Waals surface area contributed by atoms with Gasteiger partial charge in [-0.3, -0.25) is 9.11 Å². The predicted molar refractivity (Wildman–Crippen MR) is 212 cm³/mol. The summed E-state index contributed by atoms with van der Waals surface area (Å²) >= 11 is 0. The summed E-state index contributed by atoms with van der Waals surface area (Å²) in [7, 11) is -9.55. The third kappa shape index (κ3) is 8.20. The molecule has 0 saturated heterocycles. The molecule has 19 nitrogen and oxygen atoms in total. The van der Waals surface area contributed by atoms with Gasteiger partial charge in [-0.05, 0) is 84.4 Å². The smallest absolute Gasteiger partial charge is 0.296 e. The Bertz CT molecular complexity index is 3040. The maximum Gasteiger partial charge on any atom is 0.296 e. The van der Waals surface area contributed by atoms with Crippen molar-refractivity contribution in [2.45, 2.75) is 16.7 Å². The molecule has 0 aliphatic carbocycles. The Hall–Kier alpha value is -7.33. The Kier molecular flexibility index (Phi) is 9.81. The first-order chi connectivity index (χ1) is 27.0. The fraction of sp³-hybridized carbons (Fsp3) is 0.0278. The van der Waals surface area contributed by atoms with Gasteiger partial charge in [-0.2, -0.15) is 36.9 Å². The van der Waals surface area contributed by atoms with Gasteiger partial charge in [0.2, 0.25) is 11.9 Å². The van der Waals surface area contributed by atoms with Crippen LogP contribution < -0.4 is 22.1 Å². The molecular formula is C36H29N11O8S2. The number of nitrogens with zero attached hydrogens (tertiary/aromatic N) is 7. The third-order valence-electron chi connectivity index (χ3n) is 8.29. The van der Waals surface area contributed by atoms with Crippen LogP contribution in [0.2, 0.25) is 0 Å². The van der Waals surface area contributed by atoms with Crippen molar-refractivity contribution < 1.29 is 36.2 Å². The summed E-state index contributed by atoms with van der Waals surface area (Å²) < 4.78 is 67.7. The van der Waals surface area contributed by atoms with E-state index in [0.29, 0.717) is 34.0 Å². The van der Waals surface area contributed by atoms with Crippen LogP contribution in [-0.2, 0) is 20.2 Å². The highest BCUT2D eigenvalue weighted by atomic mass is 32.2. The standard InChI is InChI=1S/C36H29N11O8S2/c1-18-39-35(41-21-7-9-22(10-8-21)44-46-33-25(37)12-5-19-3-2-4-28(48)31(19)33)43-36(40-18)42-23-11-14-27(30(16-23)57(53,54)55)45-47-34-26(38)13-6-20-15-24(56(50,51)52)17-29(49)32(20)34/h2-17,48-49H,37-38H2,1H3,(H,50,51,52)(H,53,54,55)(H2,39,40,41,42,43). The fourth-order valence-corrected chi connectivity index (χ4v) is 6.88. The summed E-state index contributed by atoms with van der Waals surface area (Å²) in [5.74, 6) is -0.106. The second-order valence-corrected chi connectivity index (χ2v) is 15.1. The summed E-state index contributed by atoms with van der Waals surface area (Å²) in [5, 5.41) is 44.8. The molecule has 10 N–H and O–H groups in total. The van der Waals surface area contributed by atoms with E-state index < -0.39 is 35.8 Å². The minimum Gasteiger partial charge on any atom is -0.507 e. The number of phenolic OH excluding ortho intramolecular Hbond substituents is 2. The maximum absolute atomic E-state index is 12.5. The fourth-order valence-electron chi connectivity index (χ4n) is 5.69. The summed E-state index contributed by atoms with van der Waals surface area (Å²) in [5.41, 5.74) is 13.6. The number of nitrogen functional groups attached to an aromatic ring is 2. The first-order valence-electron chi connectivity index (χ1n) is 16.4. The lowest BCUT2D eigenvalue weighted by Crippen LogP contribution is -2.06. The van der Waals surface area contributed by atoms with Crippen LogP contribution in [0.5, 0.6) is 11.5 Å². The van der Waals surface area contributed by atoms with E-state index in [9.17, 15) is 36.2 Å². The number of aromatic nitrogens is 3. The highest BCUT2D eigenvalue weighted by molar-refractivity contribution is 7.86. The van der Waals surface area contributed by atoms with E-state index in [2.05, 4.69) is 46.0 Å². The Morgan fingerprint density at radius 3 is 1.84 bits per heavy atom. The first kappa shape index (κ1) is 38.0. The van der Waals surface area contributed by atoms with Crippen LogP contribution in [0.4, 0.5) is 57.4 Å². The lowest BCUT2D eigenvalue weighted by atomic mass is 10.1. The van der Waals surface area contributed by atoms with Crippen molar-refractivity contribution in [1.29, 1.82) is 0 Å². The molecule has 1 aromatic heterocycles. The Balaban J connectivity index is 1.11. The normalized spacial score (nSPS) is 12.2. The van der Waals surface area contributed by atoms with E-state index in [-0.39, 0.29) is 51.2 Å². The topological polar surface area (TPSA) is 313 Å². The second-order valence-electron chi connectivity index (χ2n) is 12.3. The molecule has 0 aliphatic rings. The highest BCUT2D eigenvalue weighted by Gasteiger charge is 2.20. The van der Waals surface area contributed by atoms with Gasteiger partial charge < -0.3 is 32.3 Å². The molecule has 1 heterocycles. The molecule has 0 unspecified atom stereocenters. The summed E-state index contributed by atoms with van der Waals surface area (Å²) in [6, 6.07) is 23.7. The number of aryl methyl sites for hydroxylation is 1. The lowest BCUT2D eigenvalue weighted by molar-refractivity contribution is 0.471. The number of nitrogens with two attached hydrogens (primary N) is 2. The average molecular weight is 808 g/mol. The van der Waals surface area contributed by atoms with Gasteiger partial charge in [-0.15, -0.1) is 15.3 Å². The molecular weight excluding hydrogens is 779 g/mol. The zero-order valence-corrected chi connectivity index (χ0v) is 30.9. The van der Waals surface area contributed by atoms with Crippen LogP contribution in [0.15, 0.2) is 127 Å². The van der Waals surface area contributed by atoms with Crippen LogP contribution in [0.3, 0.4) is 0 Å². The van der Waals surface area contributed by atoms with Crippen molar-refractivity contribution in [1.82, 2.24) is 15.0 Å². The number of hydrogen-bond acceptors (Lipinski definition) is 17. The summed E-state index contributed by atoms with van der Waals surface area (Å²) in [6.07, 6.45) is 0. The molecule has 0 atom stereocenters. The van der Waals surface area contributed by atoms with E-state index in [0.717, 1.165) is 23.6 Å². The third-order valence-corrected chi connectivity index (χ3v) is 10.0. The molecule has 0 bridgehead atoms. The van der Waals surface area contributed by atoms with Crippen molar-refractivity contribution in [3.8, 4) is 11.5 Å². The number of phenols is 2. The van der Waals surface area contributed by atoms with E-state index in [1.165, 1.54) is 24.3 Å². The first-order valence-corrected chi connectivity index (χ1v) is 19.3. The number of fused-ring (bicyclic) bond motifs is 2. The minimum atomic E-state index is -4.90. The van der Waals surface area contributed by atoms with Crippen molar-refractivity contribution in [2.24, 2.45) is 20.5 Å². The highest BCUT2D eigenvalue weighted by Crippen LogP contribution is 2.42. The van der Waals surface area contributed by atoms with Crippen molar-refractivity contribution in [2.75, 3.05) is 22.1 Å². The van der Waals surface area contributed by atoms with Gasteiger partial charge in [0.1, 0.15) is 39.3 Å². The van der Waals surface area contributed by atoms with Gasteiger partial charge in [-0.25, -0.2) is 0 Å². The molecule has 288 valence electrons. The van der Waals surface area contributed by atoms with Crippen LogP contribution in [0.1, 0.15) is 5.82 Å². The Morgan fingerprint density at radius 2 is 1.19 bits per heavy atom. The number of aromatic hydroxyl groups is 2. The average Bonchev–Trinajstić information content (AvgIpc) is 3.14. The van der Waals surface area contributed by atoms with Crippen molar-refractivity contribution in [3.05, 3.63) is 103 Å². The molecule has 0 spiro atoms. The number of azo groups is 2. The number of anilines is 6. The van der Waals surface area contributed by atoms with Crippen molar-refractivity contribution in [3.63, 3.8) is 0 Å². The summed E-state index contributed by atoms with van der Waals surface area (Å²) in [6.45, 7) is 1.62. The maximum atomic E-state index is 12.5. The zero-order chi connectivity index (χ0) is 40.6. The molecule has 0 amide bonds. The van der Waals surface area contributed by atoms with E-state index >= 15 is 0 Å². The molecule has 57 heavy (non-hydrogen) atoms. The SMILES string of the molecule is Cc1nc(Nc2ccc(N=Nc3c(N)ccc4cccc(O)c34)cc2)nc(Nc2ccc(N=Nc3c(N)ccc4cc(S(=O)(=O)O)cc(O)c34)c(S(=O)(=O)O)c2)n1. The number of hydrogen-bond donors (Lipinski definition) is 8. The van der Waals surface area contributed by atoms with Gasteiger partial charge >= 0.3 is 0 Å². The van der Waals surface area contributed by atoms with E-state index in [4.69, 9.17) is 11.5 Å². The zero-order valence-electron chi connectivity index (χ0n) is 29.3. The van der Waals surface area contributed by atoms with Crippen molar-refractivity contribution >= 4 is 99.2 Å². The number of rotatable bonds is 10. The van der Waals surface area contributed by atoms with Crippen LogP contribution in [-0.4, -0.2) is 51.1 Å². The molecule has 0 radical (unpaired) electrons.